The van der Waals surface area contributed by atoms with Crippen LogP contribution in [0.5, 0.6) is 0 Å². The van der Waals surface area contributed by atoms with Gasteiger partial charge in [0, 0.05) is 19.6 Å². The number of sulfonamides is 1. The van der Waals surface area contributed by atoms with Crippen molar-refractivity contribution < 1.29 is 8.42 Å². The number of guanidine groups is 1. The van der Waals surface area contributed by atoms with Crippen LogP contribution in [0.25, 0.3) is 0 Å². The van der Waals surface area contributed by atoms with E-state index in [1.54, 1.807) is 17.5 Å². The quantitative estimate of drug-likeness (QED) is 0.156. The zero-order valence-corrected chi connectivity index (χ0v) is 19.1. The van der Waals surface area contributed by atoms with Crippen molar-refractivity contribution in [1.82, 2.24) is 15.4 Å². The number of rotatable bonds is 9. The van der Waals surface area contributed by atoms with Crippen LogP contribution in [0.3, 0.4) is 0 Å². The summed E-state index contributed by atoms with van der Waals surface area (Å²) in [7, 11) is -3.41. The molecule has 1 aliphatic rings. The highest BCUT2D eigenvalue weighted by atomic mass is 127. The maximum atomic E-state index is 12.0. The van der Waals surface area contributed by atoms with Gasteiger partial charge in [-0.25, -0.2) is 13.1 Å². The lowest BCUT2D eigenvalue weighted by Gasteiger charge is -2.15. The fourth-order valence-electron chi connectivity index (χ4n) is 2.65. The van der Waals surface area contributed by atoms with Gasteiger partial charge in [-0.2, -0.15) is 0 Å². The molecule has 0 saturated carbocycles. The number of nitrogens with zero attached hydrogens (tertiary/aromatic N) is 1. The summed E-state index contributed by atoms with van der Waals surface area (Å²) in [6, 6.07) is 3.33. The van der Waals surface area contributed by atoms with Crippen molar-refractivity contribution in [1.29, 1.82) is 0 Å². The Morgan fingerprint density at radius 1 is 1.27 bits per heavy atom. The molecule has 148 valence electrons. The molecule has 0 amide bonds. The third-order valence-corrected chi connectivity index (χ3v) is 6.76. The van der Waals surface area contributed by atoms with Crippen molar-refractivity contribution in [3.63, 3.8) is 0 Å². The van der Waals surface area contributed by atoms with E-state index in [2.05, 4.69) is 26.4 Å². The highest BCUT2D eigenvalue weighted by molar-refractivity contribution is 14.0. The van der Waals surface area contributed by atoms with E-state index in [1.165, 1.54) is 42.6 Å². The number of hydrogen-bond acceptors (Lipinski definition) is 4. The number of nitrogens with one attached hydrogen (secondary N) is 3. The van der Waals surface area contributed by atoms with E-state index in [1.807, 2.05) is 6.92 Å². The van der Waals surface area contributed by atoms with Crippen LogP contribution in [-0.2, 0) is 10.0 Å². The molecule has 9 heteroatoms. The van der Waals surface area contributed by atoms with Gasteiger partial charge in [0.1, 0.15) is 4.21 Å². The molecule has 0 atom stereocenters. The van der Waals surface area contributed by atoms with Crippen LogP contribution >= 0.6 is 35.3 Å². The van der Waals surface area contributed by atoms with E-state index in [9.17, 15) is 8.42 Å². The van der Waals surface area contributed by atoms with Crippen molar-refractivity contribution >= 4 is 51.3 Å². The van der Waals surface area contributed by atoms with Crippen LogP contribution in [0.15, 0.2) is 38.4 Å². The molecule has 0 aliphatic heterocycles. The van der Waals surface area contributed by atoms with Crippen molar-refractivity contribution in [2.45, 2.75) is 43.2 Å². The fraction of sp³-hybridized carbons (Fsp3) is 0.588. The third kappa shape index (κ3) is 8.36. The standard InChI is InChI=1S/C17H28N4O2S2.HI/c1-2-18-17(19-11-10-15-7-4-3-5-8-15)20-12-13-21-25(22,23)16-9-6-14-24-16;/h6-7,9,14,21H,2-5,8,10-13H2,1H3,(H2,18,19,20);1H. The minimum atomic E-state index is -3.41. The van der Waals surface area contributed by atoms with Gasteiger partial charge >= 0.3 is 0 Å². The molecular weight excluding hydrogens is 483 g/mol. The molecule has 0 spiro atoms. The maximum Gasteiger partial charge on any atom is 0.250 e. The second-order valence-corrected chi connectivity index (χ2v) is 8.82. The summed E-state index contributed by atoms with van der Waals surface area (Å²) in [4.78, 5) is 4.43. The predicted octanol–water partition coefficient (Wildman–Crippen LogP) is 3.09. The molecule has 0 radical (unpaired) electrons. The number of thiophene rings is 1. The molecule has 0 bridgehead atoms. The van der Waals surface area contributed by atoms with E-state index in [0.717, 1.165) is 25.5 Å². The first kappa shape index (κ1) is 23.4. The van der Waals surface area contributed by atoms with Gasteiger partial charge in [-0.3, -0.25) is 4.99 Å². The van der Waals surface area contributed by atoms with Gasteiger partial charge in [0.05, 0.1) is 6.54 Å². The van der Waals surface area contributed by atoms with Crippen LogP contribution < -0.4 is 15.4 Å². The summed E-state index contributed by atoms with van der Waals surface area (Å²) < 4.78 is 27.0. The fourth-order valence-corrected chi connectivity index (χ4v) is 4.71. The van der Waals surface area contributed by atoms with Gasteiger partial charge in [-0.15, -0.1) is 35.3 Å². The number of allylic oxidation sites excluding steroid dienone is 1. The average molecular weight is 512 g/mol. The highest BCUT2D eigenvalue weighted by Crippen LogP contribution is 2.19. The SMILES string of the molecule is CCNC(=NCCNS(=O)(=O)c1cccs1)NCCC1=CCCCC1.I. The molecule has 2 rings (SSSR count). The molecule has 0 saturated heterocycles. The normalized spacial score (nSPS) is 15.1. The Morgan fingerprint density at radius 3 is 2.77 bits per heavy atom. The monoisotopic (exact) mass is 512 g/mol. The van der Waals surface area contributed by atoms with Crippen LogP contribution in [0.4, 0.5) is 0 Å². The first-order chi connectivity index (χ1) is 12.1. The van der Waals surface area contributed by atoms with E-state index in [-0.39, 0.29) is 30.5 Å². The Labute approximate surface area is 178 Å². The number of hydrogen-bond donors (Lipinski definition) is 3. The van der Waals surface area contributed by atoms with E-state index in [0.29, 0.717) is 10.8 Å². The molecule has 26 heavy (non-hydrogen) atoms. The van der Waals surface area contributed by atoms with Gasteiger partial charge in [0.25, 0.3) is 0 Å². The molecule has 1 aromatic rings. The summed E-state index contributed by atoms with van der Waals surface area (Å²) in [5, 5.41) is 8.26. The Kier molecular flexibility index (Phi) is 11.4. The maximum absolute atomic E-state index is 12.0. The minimum absolute atomic E-state index is 0. The Hall–Kier alpha value is -0.650. The summed E-state index contributed by atoms with van der Waals surface area (Å²) in [5.74, 6) is 0.731. The van der Waals surface area contributed by atoms with Crippen molar-refractivity contribution in [2.75, 3.05) is 26.2 Å². The van der Waals surface area contributed by atoms with Gasteiger partial charge in [0.2, 0.25) is 10.0 Å². The second-order valence-electron chi connectivity index (χ2n) is 5.88. The average Bonchev–Trinajstić information content (AvgIpc) is 3.15. The topological polar surface area (TPSA) is 82.6 Å². The van der Waals surface area contributed by atoms with Gasteiger partial charge in [-0.1, -0.05) is 17.7 Å². The van der Waals surface area contributed by atoms with Gasteiger partial charge in [-0.05, 0) is 50.5 Å². The lowest BCUT2D eigenvalue weighted by Crippen LogP contribution is -2.38. The zero-order chi connectivity index (χ0) is 18.0. The molecule has 0 aromatic carbocycles. The molecule has 0 fully saturated rings. The van der Waals surface area contributed by atoms with Crippen LogP contribution in [-0.4, -0.2) is 40.6 Å². The minimum Gasteiger partial charge on any atom is -0.357 e. The molecule has 1 heterocycles. The van der Waals surface area contributed by atoms with E-state index in [4.69, 9.17) is 0 Å². The van der Waals surface area contributed by atoms with Crippen LogP contribution in [0, 0.1) is 0 Å². The first-order valence-electron chi connectivity index (χ1n) is 8.85. The number of aliphatic imine (C=N–C) groups is 1. The first-order valence-corrected chi connectivity index (χ1v) is 11.2. The summed E-state index contributed by atoms with van der Waals surface area (Å²) in [6.45, 7) is 4.30. The molecule has 3 N–H and O–H groups in total. The largest absolute Gasteiger partial charge is 0.357 e. The van der Waals surface area contributed by atoms with Crippen molar-refractivity contribution in [3.05, 3.63) is 29.2 Å². The van der Waals surface area contributed by atoms with Crippen LogP contribution in [0.2, 0.25) is 0 Å². The lowest BCUT2D eigenvalue weighted by molar-refractivity contribution is 0.584. The zero-order valence-electron chi connectivity index (χ0n) is 15.2. The van der Waals surface area contributed by atoms with Crippen LogP contribution in [0.1, 0.15) is 39.0 Å². The summed E-state index contributed by atoms with van der Waals surface area (Å²) in [6.07, 6.45) is 8.41. The summed E-state index contributed by atoms with van der Waals surface area (Å²) in [5.41, 5.74) is 1.53. The Balaban J connectivity index is 0.00000338. The van der Waals surface area contributed by atoms with Gasteiger partial charge in [0.15, 0.2) is 5.96 Å². The Morgan fingerprint density at radius 2 is 2.12 bits per heavy atom. The Bertz CT molecular complexity index is 673. The molecule has 1 aromatic heterocycles. The molecule has 1 aliphatic carbocycles. The van der Waals surface area contributed by atoms with E-state index >= 15 is 0 Å². The predicted molar refractivity (Wildman–Crippen MR) is 120 cm³/mol. The molecule has 6 nitrogen and oxygen atoms in total. The lowest BCUT2D eigenvalue weighted by atomic mass is 9.97. The van der Waals surface area contributed by atoms with E-state index < -0.39 is 10.0 Å². The highest BCUT2D eigenvalue weighted by Gasteiger charge is 2.13. The molecule has 0 unspecified atom stereocenters. The van der Waals surface area contributed by atoms with Crippen molar-refractivity contribution in [2.24, 2.45) is 4.99 Å². The second kappa shape index (κ2) is 12.7. The summed E-state index contributed by atoms with van der Waals surface area (Å²) >= 11 is 1.21. The smallest absolute Gasteiger partial charge is 0.250 e. The van der Waals surface area contributed by atoms with Crippen molar-refractivity contribution in [3.8, 4) is 0 Å². The number of halogens is 1. The third-order valence-electron chi connectivity index (χ3n) is 3.90. The van der Waals surface area contributed by atoms with Gasteiger partial charge < -0.3 is 10.6 Å². The molecular formula is C17H29IN4O2S2.